The average molecular weight is 182 g/mol. The first-order valence-electron chi connectivity index (χ1n) is 3.68. The SMILES string of the molecule is C=CC(=O)c1c(C)cc(F)cc1F. The van der Waals surface area contributed by atoms with E-state index in [9.17, 15) is 13.6 Å². The van der Waals surface area contributed by atoms with Gasteiger partial charge < -0.3 is 0 Å². The van der Waals surface area contributed by atoms with Gasteiger partial charge in [-0.25, -0.2) is 8.78 Å². The van der Waals surface area contributed by atoms with Gasteiger partial charge in [0.1, 0.15) is 11.6 Å². The number of halogens is 2. The normalized spacial score (nSPS) is 9.77. The number of rotatable bonds is 2. The van der Waals surface area contributed by atoms with Gasteiger partial charge in [0, 0.05) is 6.07 Å². The molecule has 0 N–H and O–H groups in total. The number of aryl methyl sites for hydroxylation is 1. The second-order valence-corrected chi connectivity index (χ2v) is 2.65. The fourth-order valence-corrected chi connectivity index (χ4v) is 1.12. The molecule has 0 spiro atoms. The lowest BCUT2D eigenvalue weighted by Crippen LogP contribution is -2.02. The summed E-state index contributed by atoms with van der Waals surface area (Å²) in [6.45, 7) is 4.71. The van der Waals surface area contributed by atoms with Crippen LogP contribution < -0.4 is 0 Å². The summed E-state index contributed by atoms with van der Waals surface area (Å²) < 4.78 is 25.6. The summed E-state index contributed by atoms with van der Waals surface area (Å²) in [4.78, 5) is 11.1. The Hall–Kier alpha value is -1.51. The number of hydrogen-bond donors (Lipinski definition) is 0. The molecule has 1 rings (SSSR count). The standard InChI is InChI=1S/C10H8F2O/c1-3-9(13)10-6(2)4-7(11)5-8(10)12/h3-5H,1H2,2H3. The van der Waals surface area contributed by atoms with E-state index in [2.05, 4.69) is 6.58 Å². The fourth-order valence-electron chi connectivity index (χ4n) is 1.12. The first kappa shape index (κ1) is 9.58. The molecular weight excluding hydrogens is 174 g/mol. The van der Waals surface area contributed by atoms with Gasteiger partial charge in [0.15, 0.2) is 5.78 Å². The first-order chi connectivity index (χ1) is 6.06. The molecule has 0 bridgehead atoms. The zero-order valence-corrected chi connectivity index (χ0v) is 7.10. The van der Waals surface area contributed by atoms with Gasteiger partial charge in [0.25, 0.3) is 0 Å². The minimum atomic E-state index is -0.845. The van der Waals surface area contributed by atoms with Gasteiger partial charge in [-0.3, -0.25) is 4.79 Å². The predicted octanol–water partition coefficient (Wildman–Crippen LogP) is 2.64. The molecule has 0 aliphatic rings. The molecule has 13 heavy (non-hydrogen) atoms. The van der Waals surface area contributed by atoms with Crippen molar-refractivity contribution >= 4 is 5.78 Å². The molecular formula is C10H8F2O. The molecule has 0 aromatic heterocycles. The molecule has 3 heteroatoms. The van der Waals surface area contributed by atoms with Gasteiger partial charge in [-0.1, -0.05) is 6.58 Å². The Bertz CT molecular complexity index is 346. The van der Waals surface area contributed by atoms with Crippen LogP contribution in [0.3, 0.4) is 0 Å². The molecule has 1 nitrogen and oxygen atoms in total. The van der Waals surface area contributed by atoms with Crippen molar-refractivity contribution in [3.8, 4) is 0 Å². The number of benzene rings is 1. The summed E-state index contributed by atoms with van der Waals surface area (Å²) in [5.41, 5.74) is 0.166. The monoisotopic (exact) mass is 182 g/mol. The minimum absolute atomic E-state index is 0.114. The molecule has 0 saturated carbocycles. The molecule has 0 radical (unpaired) electrons. The van der Waals surface area contributed by atoms with Crippen molar-refractivity contribution in [2.45, 2.75) is 6.92 Å². The lowest BCUT2D eigenvalue weighted by molar-refractivity contribution is 0.104. The molecule has 0 heterocycles. The summed E-state index contributed by atoms with van der Waals surface area (Å²) in [7, 11) is 0. The lowest BCUT2D eigenvalue weighted by atomic mass is 10.0. The third-order valence-electron chi connectivity index (χ3n) is 1.68. The van der Waals surface area contributed by atoms with Gasteiger partial charge in [-0.15, -0.1) is 0 Å². The third-order valence-corrected chi connectivity index (χ3v) is 1.68. The number of carbonyl (C=O) groups is 1. The summed E-state index contributed by atoms with van der Waals surface area (Å²) in [6.07, 6.45) is 1.00. The van der Waals surface area contributed by atoms with Crippen molar-refractivity contribution in [3.63, 3.8) is 0 Å². The van der Waals surface area contributed by atoms with E-state index >= 15 is 0 Å². The molecule has 0 fully saturated rings. The zero-order chi connectivity index (χ0) is 10.0. The summed E-state index contributed by atoms with van der Waals surface area (Å²) in [5.74, 6) is -2.06. The van der Waals surface area contributed by atoms with Crippen molar-refractivity contribution in [1.29, 1.82) is 0 Å². The Morgan fingerprint density at radius 1 is 1.46 bits per heavy atom. The van der Waals surface area contributed by atoms with Crippen molar-refractivity contribution in [2.24, 2.45) is 0 Å². The smallest absolute Gasteiger partial charge is 0.188 e. The summed E-state index contributed by atoms with van der Waals surface area (Å²) in [6, 6.07) is 1.80. The van der Waals surface area contributed by atoms with Gasteiger partial charge in [-0.2, -0.15) is 0 Å². The Morgan fingerprint density at radius 3 is 2.54 bits per heavy atom. The maximum Gasteiger partial charge on any atom is 0.188 e. The Kier molecular flexibility index (Phi) is 2.56. The topological polar surface area (TPSA) is 17.1 Å². The molecule has 68 valence electrons. The van der Waals surface area contributed by atoms with E-state index in [0.717, 1.165) is 12.1 Å². The third kappa shape index (κ3) is 1.80. The number of ketones is 1. The Labute approximate surface area is 74.7 Å². The number of allylic oxidation sites excluding steroid dienone is 1. The van der Waals surface area contributed by atoms with Gasteiger partial charge in [0.2, 0.25) is 0 Å². The van der Waals surface area contributed by atoms with E-state index in [1.165, 1.54) is 6.92 Å². The fraction of sp³-hybridized carbons (Fsp3) is 0.100. The van der Waals surface area contributed by atoms with Crippen molar-refractivity contribution < 1.29 is 13.6 Å². The van der Waals surface area contributed by atoms with Gasteiger partial charge in [0.05, 0.1) is 5.56 Å². The van der Waals surface area contributed by atoms with E-state index < -0.39 is 17.4 Å². The quantitative estimate of drug-likeness (QED) is 0.507. The molecule has 1 aromatic rings. The highest BCUT2D eigenvalue weighted by atomic mass is 19.1. The molecule has 0 saturated heterocycles. The van der Waals surface area contributed by atoms with E-state index in [-0.39, 0.29) is 11.1 Å². The molecule has 0 aliphatic heterocycles. The highest BCUT2D eigenvalue weighted by molar-refractivity contribution is 6.05. The zero-order valence-electron chi connectivity index (χ0n) is 7.10. The Morgan fingerprint density at radius 2 is 2.08 bits per heavy atom. The van der Waals surface area contributed by atoms with Crippen molar-refractivity contribution in [1.82, 2.24) is 0 Å². The molecule has 0 amide bonds. The van der Waals surface area contributed by atoms with Crippen LogP contribution in [0.15, 0.2) is 24.8 Å². The molecule has 0 aliphatic carbocycles. The second kappa shape index (κ2) is 3.47. The summed E-state index contributed by atoms with van der Waals surface area (Å²) >= 11 is 0. The molecule has 1 aromatic carbocycles. The Balaban J connectivity index is 3.36. The molecule has 0 unspecified atom stereocenters. The van der Waals surface area contributed by atoms with E-state index in [1.54, 1.807) is 0 Å². The lowest BCUT2D eigenvalue weighted by Gasteiger charge is -2.03. The van der Waals surface area contributed by atoms with Crippen LogP contribution in [0, 0.1) is 18.6 Å². The van der Waals surface area contributed by atoms with Crippen molar-refractivity contribution in [2.75, 3.05) is 0 Å². The average Bonchev–Trinajstić information content (AvgIpc) is 2.02. The van der Waals surface area contributed by atoms with Crippen LogP contribution in [0.25, 0.3) is 0 Å². The van der Waals surface area contributed by atoms with Crippen LogP contribution in [0.1, 0.15) is 15.9 Å². The van der Waals surface area contributed by atoms with Crippen LogP contribution in [0.4, 0.5) is 8.78 Å². The largest absolute Gasteiger partial charge is 0.289 e. The van der Waals surface area contributed by atoms with Crippen LogP contribution in [-0.4, -0.2) is 5.78 Å². The predicted molar refractivity (Wildman–Crippen MR) is 45.6 cm³/mol. The second-order valence-electron chi connectivity index (χ2n) is 2.65. The molecule has 0 atom stereocenters. The van der Waals surface area contributed by atoms with Gasteiger partial charge in [-0.05, 0) is 24.6 Å². The first-order valence-corrected chi connectivity index (χ1v) is 3.68. The highest BCUT2D eigenvalue weighted by Gasteiger charge is 2.12. The van der Waals surface area contributed by atoms with E-state index in [4.69, 9.17) is 0 Å². The van der Waals surface area contributed by atoms with Crippen molar-refractivity contribution in [3.05, 3.63) is 47.5 Å². The van der Waals surface area contributed by atoms with Crippen LogP contribution in [0.2, 0.25) is 0 Å². The van der Waals surface area contributed by atoms with Crippen LogP contribution in [-0.2, 0) is 0 Å². The van der Waals surface area contributed by atoms with Gasteiger partial charge >= 0.3 is 0 Å². The number of carbonyl (C=O) groups excluding carboxylic acids is 1. The summed E-state index contributed by atoms with van der Waals surface area (Å²) in [5, 5.41) is 0. The minimum Gasteiger partial charge on any atom is -0.289 e. The van der Waals surface area contributed by atoms with Crippen LogP contribution >= 0.6 is 0 Å². The van der Waals surface area contributed by atoms with E-state index in [0.29, 0.717) is 6.07 Å². The van der Waals surface area contributed by atoms with E-state index in [1.807, 2.05) is 0 Å². The highest BCUT2D eigenvalue weighted by Crippen LogP contribution is 2.15. The maximum atomic E-state index is 13.0. The number of hydrogen-bond acceptors (Lipinski definition) is 1. The van der Waals surface area contributed by atoms with Crippen LogP contribution in [0.5, 0.6) is 0 Å². The maximum absolute atomic E-state index is 13.0.